The molecular weight excluding hydrogens is 305 g/mol. The first-order chi connectivity index (χ1) is 11.8. The number of benzene rings is 2. The highest BCUT2D eigenvalue weighted by Crippen LogP contribution is 2.28. The van der Waals surface area contributed by atoms with Crippen LogP contribution in [0.2, 0.25) is 0 Å². The van der Waals surface area contributed by atoms with Crippen molar-refractivity contribution in [3.05, 3.63) is 66.2 Å². The first-order valence-corrected chi connectivity index (χ1v) is 8.06. The quantitative estimate of drug-likeness (QED) is 0.770. The van der Waals surface area contributed by atoms with Crippen molar-refractivity contribution in [2.75, 3.05) is 11.9 Å². The molecule has 3 aromatic rings. The van der Waals surface area contributed by atoms with Crippen molar-refractivity contribution >= 4 is 11.6 Å². The molecule has 0 saturated carbocycles. The summed E-state index contributed by atoms with van der Waals surface area (Å²) in [6.45, 7) is 0.935. The highest BCUT2D eigenvalue weighted by atomic mass is 19.1. The van der Waals surface area contributed by atoms with Gasteiger partial charge in [0.05, 0.1) is 5.69 Å². The van der Waals surface area contributed by atoms with Crippen molar-refractivity contribution in [1.82, 2.24) is 20.1 Å². The number of nitrogens with zero attached hydrogens (tertiary/aromatic N) is 3. The lowest BCUT2D eigenvalue weighted by Crippen LogP contribution is -2.14. The number of anilines is 2. The number of aromatic nitrogens is 3. The van der Waals surface area contributed by atoms with E-state index >= 15 is 0 Å². The molecule has 0 aliphatic carbocycles. The first-order valence-electron chi connectivity index (χ1n) is 8.06. The summed E-state index contributed by atoms with van der Waals surface area (Å²) >= 11 is 0. The number of rotatable bonds is 4. The van der Waals surface area contributed by atoms with Gasteiger partial charge in [0.25, 0.3) is 0 Å². The number of hydrogen-bond acceptors (Lipinski definition) is 4. The predicted molar refractivity (Wildman–Crippen MR) is 91.0 cm³/mol. The van der Waals surface area contributed by atoms with Crippen LogP contribution in [0, 0.1) is 5.82 Å². The van der Waals surface area contributed by atoms with Crippen molar-refractivity contribution in [3.63, 3.8) is 0 Å². The van der Waals surface area contributed by atoms with Gasteiger partial charge >= 0.3 is 0 Å². The molecule has 1 aromatic heterocycles. The molecule has 2 N–H and O–H groups in total. The topological polar surface area (TPSA) is 54.8 Å². The summed E-state index contributed by atoms with van der Waals surface area (Å²) in [6.07, 6.45) is 3.69. The molecule has 1 fully saturated rings. The van der Waals surface area contributed by atoms with Gasteiger partial charge in [-0.3, -0.25) is 0 Å². The van der Waals surface area contributed by atoms with E-state index in [1.807, 2.05) is 36.4 Å². The summed E-state index contributed by atoms with van der Waals surface area (Å²) < 4.78 is 15.8. The van der Waals surface area contributed by atoms with Gasteiger partial charge in [0.15, 0.2) is 0 Å². The lowest BCUT2D eigenvalue weighted by Gasteiger charge is -2.13. The first kappa shape index (κ1) is 14.8. The van der Waals surface area contributed by atoms with Crippen LogP contribution >= 0.6 is 0 Å². The van der Waals surface area contributed by atoms with Crippen LogP contribution in [-0.2, 0) is 0 Å². The molecule has 0 radical (unpaired) electrons. The van der Waals surface area contributed by atoms with E-state index in [1.54, 1.807) is 17.1 Å². The highest BCUT2D eigenvalue weighted by Gasteiger charge is 2.20. The Kier molecular flexibility index (Phi) is 3.96. The fraction of sp³-hybridized carbons (Fsp3) is 0.222. The zero-order valence-corrected chi connectivity index (χ0v) is 13.1. The maximum atomic E-state index is 14.1. The highest BCUT2D eigenvalue weighted by molar-refractivity contribution is 5.55. The Hall–Kier alpha value is -2.73. The summed E-state index contributed by atoms with van der Waals surface area (Å²) in [5.41, 5.74) is 2.42. The van der Waals surface area contributed by atoms with Crippen LogP contribution in [0.3, 0.4) is 0 Å². The molecule has 122 valence electrons. The van der Waals surface area contributed by atoms with E-state index < -0.39 is 0 Å². The van der Waals surface area contributed by atoms with E-state index in [-0.39, 0.29) is 11.9 Å². The number of para-hydroxylation sites is 1. The smallest absolute Gasteiger partial charge is 0.246 e. The Labute approximate surface area is 139 Å². The van der Waals surface area contributed by atoms with Crippen LogP contribution in [0.15, 0.2) is 54.9 Å². The average molecular weight is 323 g/mol. The second kappa shape index (κ2) is 6.41. The molecule has 1 aliphatic heterocycles. The second-order valence-electron chi connectivity index (χ2n) is 5.86. The van der Waals surface area contributed by atoms with E-state index in [4.69, 9.17) is 0 Å². The third kappa shape index (κ3) is 3.00. The Morgan fingerprint density at radius 3 is 2.83 bits per heavy atom. The molecule has 0 spiro atoms. The fourth-order valence-electron chi connectivity index (χ4n) is 2.99. The van der Waals surface area contributed by atoms with Crippen LogP contribution < -0.4 is 10.6 Å². The monoisotopic (exact) mass is 323 g/mol. The molecule has 2 heterocycles. The van der Waals surface area contributed by atoms with Gasteiger partial charge in [-0.25, -0.2) is 9.07 Å². The number of hydrogen-bond donors (Lipinski definition) is 2. The van der Waals surface area contributed by atoms with Gasteiger partial charge in [-0.2, -0.15) is 4.98 Å². The van der Waals surface area contributed by atoms with Crippen LogP contribution in [0.1, 0.15) is 24.4 Å². The van der Waals surface area contributed by atoms with Crippen molar-refractivity contribution in [2.45, 2.75) is 18.9 Å². The van der Waals surface area contributed by atoms with Gasteiger partial charge in [0.2, 0.25) is 5.95 Å². The van der Waals surface area contributed by atoms with Gasteiger partial charge in [-0.1, -0.05) is 18.2 Å². The molecular formula is C18H18FN5. The van der Waals surface area contributed by atoms with Gasteiger partial charge < -0.3 is 10.6 Å². The van der Waals surface area contributed by atoms with Crippen molar-refractivity contribution in [3.8, 4) is 5.69 Å². The van der Waals surface area contributed by atoms with Crippen LogP contribution in [0.5, 0.6) is 0 Å². The van der Waals surface area contributed by atoms with Gasteiger partial charge in [-0.05, 0) is 49.7 Å². The Bertz CT molecular complexity index is 824. The van der Waals surface area contributed by atoms with Crippen molar-refractivity contribution in [2.24, 2.45) is 0 Å². The largest absolute Gasteiger partial charge is 0.323 e. The van der Waals surface area contributed by atoms with E-state index in [9.17, 15) is 4.39 Å². The Morgan fingerprint density at radius 2 is 2.04 bits per heavy atom. The fourth-order valence-corrected chi connectivity index (χ4v) is 2.99. The summed E-state index contributed by atoms with van der Waals surface area (Å²) in [7, 11) is 0. The van der Waals surface area contributed by atoms with Gasteiger partial charge in [-0.15, -0.1) is 5.10 Å². The average Bonchev–Trinajstić information content (AvgIpc) is 3.29. The maximum absolute atomic E-state index is 14.1. The van der Waals surface area contributed by atoms with Crippen LogP contribution in [0.4, 0.5) is 16.0 Å². The molecule has 6 heteroatoms. The van der Waals surface area contributed by atoms with E-state index in [0.29, 0.717) is 11.5 Å². The van der Waals surface area contributed by atoms with Crippen molar-refractivity contribution in [1.29, 1.82) is 0 Å². The lowest BCUT2D eigenvalue weighted by atomic mass is 10.0. The third-order valence-corrected chi connectivity index (χ3v) is 4.20. The molecule has 1 aliphatic rings. The molecule has 5 nitrogen and oxygen atoms in total. The molecule has 0 bridgehead atoms. The minimum atomic E-state index is -0.178. The Balaban J connectivity index is 1.55. The van der Waals surface area contributed by atoms with Crippen LogP contribution in [0.25, 0.3) is 5.69 Å². The third-order valence-electron chi connectivity index (χ3n) is 4.20. The molecule has 4 rings (SSSR count). The number of halogens is 1. The lowest BCUT2D eigenvalue weighted by molar-refractivity contribution is 0.559. The van der Waals surface area contributed by atoms with Gasteiger partial charge in [0.1, 0.15) is 12.1 Å². The molecule has 1 saturated heterocycles. The number of nitrogens with one attached hydrogen (secondary N) is 2. The molecule has 1 unspecified atom stereocenters. The van der Waals surface area contributed by atoms with E-state index in [2.05, 4.69) is 20.7 Å². The molecule has 1 atom stereocenters. The zero-order valence-electron chi connectivity index (χ0n) is 13.1. The van der Waals surface area contributed by atoms with E-state index in [1.165, 1.54) is 6.07 Å². The maximum Gasteiger partial charge on any atom is 0.246 e. The minimum absolute atomic E-state index is 0.0848. The second-order valence-corrected chi connectivity index (χ2v) is 5.86. The summed E-state index contributed by atoms with van der Waals surface area (Å²) in [4.78, 5) is 4.27. The normalized spacial score (nSPS) is 17.1. The molecule has 2 aromatic carbocycles. The molecule has 24 heavy (non-hydrogen) atoms. The van der Waals surface area contributed by atoms with Gasteiger partial charge in [0, 0.05) is 17.3 Å². The Morgan fingerprint density at radius 1 is 1.17 bits per heavy atom. The SMILES string of the molecule is Fc1ccc(Nc2ncn(-c3ccccc3)n2)cc1C1CCCN1. The minimum Gasteiger partial charge on any atom is -0.323 e. The predicted octanol–water partition coefficient (Wildman–Crippen LogP) is 3.57. The summed E-state index contributed by atoms with van der Waals surface area (Å²) in [6, 6.07) is 14.9. The molecule has 0 amide bonds. The van der Waals surface area contributed by atoms with Crippen molar-refractivity contribution < 1.29 is 4.39 Å². The van der Waals surface area contributed by atoms with E-state index in [0.717, 1.165) is 30.8 Å². The standard InChI is InChI=1S/C18H18FN5/c19-16-9-8-13(11-15(16)17-7-4-10-20-17)22-18-21-12-24(23-18)14-5-2-1-3-6-14/h1-3,5-6,8-9,11-12,17,20H,4,7,10H2,(H,22,23). The van der Waals surface area contributed by atoms with Crippen LogP contribution in [-0.4, -0.2) is 21.3 Å². The summed E-state index contributed by atoms with van der Waals surface area (Å²) in [5, 5.41) is 10.9. The zero-order chi connectivity index (χ0) is 16.4. The summed E-state index contributed by atoms with van der Waals surface area (Å²) in [5.74, 6) is 0.304.